The fraction of sp³-hybridized carbons (Fsp3) is 0.357. The van der Waals surface area contributed by atoms with Gasteiger partial charge in [-0.3, -0.25) is 10.1 Å². The number of methoxy groups -OCH3 is 1. The van der Waals surface area contributed by atoms with E-state index in [1.807, 2.05) is 12.2 Å². The number of nitro groups is 1. The summed E-state index contributed by atoms with van der Waals surface area (Å²) < 4.78 is 5.12. The number of fused-ring (bicyclic) bond motifs is 3. The highest BCUT2D eigenvalue weighted by Gasteiger charge is 2.43. The zero-order valence-corrected chi connectivity index (χ0v) is 11.3. The lowest BCUT2D eigenvalue weighted by molar-refractivity contribution is -0.384. The monoisotopic (exact) mass is 290 g/mol. The fourth-order valence-corrected chi connectivity index (χ4v) is 3.16. The highest BCUT2D eigenvalue weighted by atomic mass is 16.6. The van der Waals surface area contributed by atoms with E-state index in [4.69, 9.17) is 4.74 Å². The van der Waals surface area contributed by atoms with E-state index in [1.54, 1.807) is 6.07 Å². The molecule has 0 amide bonds. The van der Waals surface area contributed by atoms with Crippen LogP contribution in [0.2, 0.25) is 0 Å². The van der Waals surface area contributed by atoms with Gasteiger partial charge >= 0.3 is 5.97 Å². The third-order valence-corrected chi connectivity index (χ3v) is 4.12. The van der Waals surface area contributed by atoms with Gasteiger partial charge in [0.2, 0.25) is 0 Å². The van der Waals surface area contributed by atoms with Gasteiger partial charge in [-0.05, 0) is 18.1 Å². The maximum Gasteiger partial charge on any atom is 0.326 e. The Balaban J connectivity index is 2.19. The summed E-state index contributed by atoms with van der Waals surface area (Å²) in [7, 11) is 1.45. The lowest BCUT2D eigenvalue weighted by Gasteiger charge is -2.34. The van der Waals surface area contributed by atoms with Gasteiger partial charge in [0.15, 0.2) is 0 Å². The van der Waals surface area contributed by atoms with Crippen LogP contribution in [0.5, 0.6) is 5.75 Å². The highest BCUT2D eigenvalue weighted by molar-refractivity contribution is 5.83. The SMILES string of the molecule is COc1cc2c(c([N+](=O)[O-])c1)N[C@@H](C(=O)O)[C@@H]1CC=C[C@H]21. The summed E-state index contributed by atoms with van der Waals surface area (Å²) in [6.07, 6.45) is 4.48. The molecule has 2 aliphatic rings. The molecule has 7 heteroatoms. The van der Waals surface area contributed by atoms with Crippen molar-refractivity contribution < 1.29 is 19.6 Å². The average Bonchev–Trinajstić information content (AvgIpc) is 2.94. The van der Waals surface area contributed by atoms with Crippen molar-refractivity contribution in [2.24, 2.45) is 5.92 Å². The maximum atomic E-state index is 11.4. The first kappa shape index (κ1) is 13.4. The van der Waals surface area contributed by atoms with E-state index < -0.39 is 16.9 Å². The minimum atomic E-state index is -0.996. The van der Waals surface area contributed by atoms with Crippen LogP contribution >= 0.6 is 0 Å². The van der Waals surface area contributed by atoms with Crippen molar-refractivity contribution in [3.05, 3.63) is 40.0 Å². The number of nitrogens with one attached hydrogen (secondary N) is 1. The molecule has 0 aromatic heterocycles. The van der Waals surface area contributed by atoms with Crippen LogP contribution < -0.4 is 10.1 Å². The average molecular weight is 290 g/mol. The molecule has 0 bridgehead atoms. The van der Waals surface area contributed by atoms with Gasteiger partial charge in [0, 0.05) is 11.8 Å². The number of ether oxygens (including phenoxy) is 1. The van der Waals surface area contributed by atoms with Crippen molar-refractivity contribution in [2.45, 2.75) is 18.4 Å². The summed E-state index contributed by atoms with van der Waals surface area (Å²) in [5, 5.41) is 23.4. The van der Waals surface area contributed by atoms with Gasteiger partial charge in [0.1, 0.15) is 17.5 Å². The summed E-state index contributed by atoms with van der Waals surface area (Å²) in [6, 6.07) is 2.22. The number of aliphatic carboxylic acids is 1. The largest absolute Gasteiger partial charge is 0.496 e. The zero-order chi connectivity index (χ0) is 15.1. The second kappa shape index (κ2) is 4.76. The lowest BCUT2D eigenvalue weighted by Crippen LogP contribution is -2.42. The molecule has 1 aliphatic carbocycles. The number of carbonyl (C=O) groups is 1. The van der Waals surface area contributed by atoms with Gasteiger partial charge in [0.25, 0.3) is 5.69 Å². The molecule has 0 radical (unpaired) electrons. The van der Waals surface area contributed by atoms with E-state index in [1.165, 1.54) is 13.2 Å². The molecular weight excluding hydrogens is 276 g/mol. The molecule has 1 aromatic carbocycles. The second-order valence-electron chi connectivity index (χ2n) is 5.18. The van der Waals surface area contributed by atoms with E-state index in [0.717, 1.165) is 5.56 Å². The molecule has 0 saturated carbocycles. The molecule has 3 atom stereocenters. The van der Waals surface area contributed by atoms with Crippen LogP contribution in [-0.4, -0.2) is 29.2 Å². The molecule has 0 fully saturated rings. The van der Waals surface area contributed by atoms with Gasteiger partial charge in [-0.2, -0.15) is 0 Å². The molecule has 0 saturated heterocycles. The number of carboxylic acid groups (broad SMARTS) is 1. The minimum Gasteiger partial charge on any atom is -0.496 e. The summed E-state index contributed by atoms with van der Waals surface area (Å²) in [5.74, 6) is -0.877. The molecule has 3 rings (SSSR count). The molecule has 0 unspecified atom stereocenters. The normalized spacial score (nSPS) is 25.7. The number of hydrogen-bond acceptors (Lipinski definition) is 5. The van der Waals surface area contributed by atoms with Crippen LogP contribution in [0, 0.1) is 16.0 Å². The molecule has 1 aliphatic heterocycles. The summed E-state index contributed by atoms with van der Waals surface area (Å²) in [4.78, 5) is 22.2. The van der Waals surface area contributed by atoms with Crippen molar-refractivity contribution in [1.29, 1.82) is 0 Å². The molecular formula is C14H14N2O5. The van der Waals surface area contributed by atoms with E-state index >= 15 is 0 Å². The quantitative estimate of drug-likeness (QED) is 0.502. The number of rotatable bonds is 3. The third kappa shape index (κ3) is 2.01. The first-order valence-corrected chi connectivity index (χ1v) is 6.55. The van der Waals surface area contributed by atoms with Crippen molar-refractivity contribution in [3.8, 4) is 5.75 Å². The Morgan fingerprint density at radius 2 is 2.29 bits per heavy atom. The first-order valence-electron chi connectivity index (χ1n) is 6.55. The van der Waals surface area contributed by atoms with Gasteiger partial charge in [0.05, 0.1) is 18.1 Å². The van der Waals surface area contributed by atoms with E-state index in [2.05, 4.69) is 5.32 Å². The van der Waals surface area contributed by atoms with Gasteiger partial charge in [-0.25, -0.2) is 4.79 Å². The number of benzene rings is 1. The van der Waals surface area contributed by atoms with E-state index in [-0.39, 0.29) is 23.2 Å². The minimum absolute atomic E-state index is 0.137. The molecule has 1 aromatic rings. The van der Waals surface area contributed by atoms with Crippen LogP contribution in [-0.2, 0) is 4.79 Å². The van der Waals surface area contributed by atoms with Crippen LogP contribution in [0.1, 0.15) is 17.9 Å². The number of nitrogens with zero attached hydrogens (tertiary/aromatic N) is 1. The smallest absolute Gasteiger partial charge is 0.326 e. The number of hydrogen-bond donors (Lipinski definition) is 2. The predicted octanol–water partition coefficient (Wildman–Crippen LogP) is 2.14. The molecule has 110 valence electrons. The molecule has 21 heavy (non-hydrogen) atoms. The van der Waals surface area contributed by atoms with E-state index in [0.29, 0.717) is 12.2 Å². The van der Waals surface area contributed by atoms with Crippen LogP contribution in [0.4, 0.5) is 11.4 Å². The second-order valence-corrected chi connectivity index (χ2v) is 5.18. The van der Waals surface area contributed by atoms with Crippen molar-refractivity contribution in [2.75, 3.05) is 12.4 Å². The summed E-state index contributed by atoms with van der Waals surface area (Å²) >= 11 is 0. The fourth-order valence-electron chi connectivity index (χ4n) is 3.16. The van der Waals surface area contributed by atoms with Crippen LogP contribution in [0.3, 0.4) is 0 Å². The van der Waals surface area contributed by atoms with Crippen LogP contribution in [0.25, 0.3) is 0 Å². The zero-order valence-electron chi connectivity index (χ0n) is 11.3. The van der Waals surface area contributed by atoms with Crippen molar-refractivity contribution in [3.63, 3.8) is 0 Å². The van der Waals surface area contributed by atoms with Crippen molar-refractivity contribution >= 4 is 17.3 Å². The Hall–Kier alpha value is -2.57. The van der Waals surface area contributed by atoms with E-state index in [9.17, 15) is 20.0 Å². The van der Waals surface area contributed by atoms with Gasteiger partial charge in [-0.15, -0.1) is 0 Å². The first-order chi connectivity index (χ1) is 10.0. The Morgan fingerprint density at radius 3 is 2.90 bits per heavy atom. The number of nitro benzene ring substituents is 1. The predicted molar refractivity (Wildman–Crippen MR) is 74.7 cm³/mol. The van der Waals surface area contributed by atoms with Crippen molar-refractivity contribution in [1.82, 2.24) is 0 Å². The van der Waals surface area contributed by atoms with Crippen LogP contribution in [0.15, 0.2) is 24.3 Å². The Labute approximate surface area is 120 Å². The highest BCUT2D eigenvalue weighted by Crippen LogP contribution is 2.49. The molecule has 7 nitrogen and oxygen atoms in total. The lowest BCUT2D eigenvalue weighted by atomic mass is 9.79. The molecule has 0 spiro atoms. The van der Waals surface area contributed by atoms with Gasteiger partial charge < -0.3 is 15.2 Å². The standard InChI is InChI=1S/C14H14N2O5/c1-21-7-5-10-8-3-2-4-9(8)13(14(17)18)15-12(10)11(6-7)16(19)20/h2-3,5-6,8-9,13,15H,4H2,1H3,(H,17,18)/t8-,9+,13+/m0/s1. The topological polar surface area (TPSA) is 102 Å². The Kier molecular flexibility index (Phi) is 3.04. The summed E-state index contributed by atoms with van der Waals surface area (Å²) in [6.45, 7) is 0. The number of allylic oxidation sites excluding steroid dienone is 2. The number of anilines is 1. The summed E-state index contributed by atoms with van der Waals surface area (Å²) in [5.41, 5.74) is 0.840. The van der Waals surface area contributed by atoms with Gasteiger partial charge in [-0.1, -0.05) is 12.2 Å². The molecule has 2 N–H and O–H groups in total. The number of carboxylic acids is 1. The Bertz CT molecular complexity index is 655. The Morgan fingerprint density at radius 1 is 1.52 bits per heavy atom. The molecule has 1 heterocycles. The maximum absolute atomic E-state index is 11.4. The third-order valence-electron chi connectivity index (χ3n) is 4.12.